The first-order chi connectivity index (χ1) is 8.14. The lowest BCUT2D eigenvalue weighted by Crippen LogP contribution is -2.10. The van der Waals surface area contributed by atoms with Crippen molar-refractivity contribution in [3.63, 3.8) is 0 Å². The standard InChI is InChI=1S/C12H11F2NO2/c1-17-6-8-10(13)3-2-9(11(8)14)12(4-5-12)15-7-16/h2-3H,4-6H2,1H3. The van der Waals surface area contributed by atoms with Gasteiger partial charge in [0.25, 0.3) is 0 Å². The lowest BCUT2D eigenvalue weighted by molar-refractivity contribution is 0.177. The molecule has 0 N–H and O–H groups in total. The molecule has 1 aliphatic carbocycles. The third-order valence-corrected chi connectivity index (χ3v) is 2.96. The summed E-state index contributed by atoms with van der Waals surface area (Å²) >= 11 is 0. The largest absolute Gasteiger partial charge is 0.380 e. The Morgan fingerprint density at radius 2 is 2.18 bits per heavy atom. The average molecular weight is 239 g/mol. The molecule has 90 valence electrons. The minimum Gasteiger partial charge on any atom is -0.380 e. The molecule has 0 unspecified atom stereocenters. The van der Waals surface area contributed by atoms with Gasteiger partial charge in [-0.2, -0.15) is 4.99 Å². The highest BCUT2D eigenvalue weighted by Gasteiger charge is 2.47. The number of rotatable bonds is 4. The van der Waals surface area contributed by atoms with Crippen LogP contribution in [-0.2, 0) is 21.7 Å². The highest BCUT2D eigenvalue weighted by Crippen LogP contribution is 2.50. The fourth-order valence-corrected chi connectivity index (χ4v) is 1.88. The first-order valence-electron chi connectivity index (χ1n) is 5.20. The van der Waals surface area contributed by atoms with Gasteiger partial charge >= 0.3 is 0 Å². The molecule has 0 aromatic heterocycles. The number of halogens is 2. The van der Waals surface area contributed by atoms with E-state index in [9.17, 15) is 13.6 Å². The lowest BCUT2D eigenvalue weighted by Gasteiger charge is -2.13. The van der Waals surface area contributed by atoms with Crippen LogP contribution in [0.1, 0.15) is 24.0 Å². The van der Waals surface area contributed by atoms with Crippen LogP contribution in [0.4, 0.5) is 8.78 Å². The van der Waals surface area contributed by atoms with Crippen LogP contribution in [0.2, 0.25) is 0 Å². The molecule has 1 saturated carbocycles. The number of hydrogen-bond acceptors (Lipinski definition) is 3. The van der Waals surface area contributed by atoms with Gasteiger partial charge in [0.2, 0.25) is 6.08 Å². The maximum absolute atomic E-state index is 14.1. The van der Waals surface area contributed by atoms with Gasteiger partial charge in [-0.25, -0.2) is 13.6 Å². The van der Waals surface area contributed by atoms with Gasteiger partial charge in [-0.1, -0.05) is 6.07 Å². The molecule has 5 heteroatoms. The SMILES string of the molecule is COCc1c(F)ccc(C2(N=C=O)CC2)c1F. The Kier molecular flexibility index (Phi) is 3.05. The summed E-state index contributed by atoms with van der Waals surface area (Å²) in [6.45, 7) is -0.146. The molecule has 1 aromatic rings. The molecule has 2 rings (SSSR count). The minimum absolute atomic E-state index is 0.127. The zero-order valence-corrected chi connectivity index (χ0v) is 9.30. The predicted molar refractivity (Wildman–Crippen MR) is 56.1 cm³/mol. The molecule has 1 aromatic carbocycles. The fraction of sp³-hybridized carbons (Fsp3) is 0.417. The first kappa shape index (κ1) is 11.9. The molecule has 3 nitrogen and oxygen atoms in total. The Morgan fingerprint density at radius 3 is 2.71 bits per heavy atom. The predicted octanol–water partition coefficient (Wildman–Crippen LogP) is 2.44. The summed E-state index contributed by atoms with van der Waals surface area (Å²) in [5.74, 6) is -1.33. The fourth-order valence-electron chi connectivity index (χ4n) is 1.88. The summed E-state index contributed by atoms with van der Waals surface area (Å²) in [6.07, 6.45) is 2.61. The van der Waals surface area contributed by atoms with Crippen molar-refractivity contribution in [3.05, 3.63) is 34.9 Å². The zero-order valence-electron chi connectivity index (χ0n) is 9.30. The molecule has 0 heterocycles. The minimum atomic E-state index is -0.831. The van der Waals surface area contributed by atoms with Gasteiger partial charge in [-0.15, -0.1) is 0 Å². The summed E-state index contributed by atoms with van der Waals surface area (Å²) in [5.41, 5.74) is -0.714. The van der Waals surface area contributed by atoms with E-state index >= 15 is 0 Å². The molecule has 0 amide bonds. The van der Waals surface area contributed by atoms with Crippen LogP contribution in [0, 0.1) is 11.6 Å². The summed E-state index contributed by atoms with van der Waals surface area (Å²) in [4.78, 5) is 13.9. The Morgan fingerprint density at radius 1 is 1.47 bits per heavy atom. The van der Waals surface area contributed by atoms with Crippen LogP contribution in [0.25, 0.3) is 0 Å². The van der Waals surface area contributed by atoms with E-state index in [2.05, 4.69) is 4.99 Å². The van der Waals surface area contributed by atoms with Gasteiger partial charge in [0, 0.05) is 18.2 Å². The summed E-state index contributed by atoms with van der Waals surface area (Å²) < 4.78 is 32.2. The van der Waals surface area contributed by atoms with Crippen LogP contribution in [0.15, 0.2) is 17.1 Å². The van der Waals surface area contributed by atoms with Gasteiger partial charge < -0.3 is 4.74 Å². The van der Waals surface area contributed by atoms with E-state index in [-0.39, 0.29) is 17.7 Å². The second kappa shape index (κ2) is 4.35. The molecule has 0 atom stereocenters. The second-order valence-electron chi connectivity index (χ2n) is 4.06. The molecular formula is C12H11F2NO2. The third-order valence-electron chi connectivity index (χ3n) is 2.96. The number of aliphatic imine (C=N–C) groups is 1. The molecular weight excluding hydrogens is 228 g/mol. The molecule has 0 aliphatic heterocycles. The first-order valence-corrected chi connectivity index (χ1v) is 5.20. The Hall–Kier alpha value is -1.58. The quantitative estimate of drug-likeness (QED) is 0.598. The summed E-state index contributed by atoms with van der Waals surface area (Å²) in [6, 6.07) is 2.50. The highest BCUT2D eigenvalue weighted by molar-refractivity contribution is 5.43. The van der Waals surface area contributed by atoms with E-state index in [1.807, 2.05) is 0 Å². The Labute approximate surface area is 97.1 Å². The maximum Gasteiger partial charge on any atom is 0.235 e. The van der Waals surface area contributed by atoms with Crippen LogP contribution in [0.5, 0.6) is 0 Å². The number of benzene rings is 1. The summed E-state index contributed by atoms with van der Waals surface area (Å²) in [5, 5.41) is 0. The van der Waals surface area contributed by atoms with Gasteiger partial charge in [0.15, 0.2) is 0 Å². The van der Waals surface area contributed by atoms with Crippen molar-refractivity contribution in [2.45, 2.75) is 25.0 Å². The van der Waals surface area contributed by atoms with Gasteiger partial charge in [-0.05, 0) is 18.9 Å². The third kappa shape index (κ3) is 1.99. The average Bonchev–Trinajstić information content (AvgIpc) is 3.05. The lowest BCUT2D eigenvalue weighted by atomic mass is 10.0. The zero-order chi connectivity index (χ0) is 12.5. The second-order valence-corrected chi connectivity index (χ2v) is 4.06. The molecule has 17 heavy (non-hydrogen) atoms. The van der Waals surface area contributed by atoms with Crippen molar-refractivity contribution in [1.82, 2.24) is 0 Å². The van der Waals surface area contributed by atoms with E-state index in [0.29, 0.717) is 12.8 Å². The topological polar surface area (TPSA) is 38.7 Å². The van der Waals surface area contributed by atoms with Gasteiger partial charge in [0.05, 0.1) is 6.61 Å². The van der Waals surface area contributed by atoms with E-state index < -0.39 is 17.2 Å². The van der Waals surface area contributed by atoms with Crippen molar-refractivity contribution >= 4 is 6.08 Å². The van der Waals surface area contributed by atoms with Crippen molar-refractivity contribution in [2.24, 2.45) is 4.99 Å². The van der Waals surface area contributed by atoms with Crippen molar-refractivity contribution < 1.29 is 18.3 Å². The number of methoxy groups -OCH3 is 1. The smallest absolute Gasteiger partial charge is 0.235 e. The molecule has 0 spiro atoms. The van der Waals surface area contributed by atoms with Crippen LogP contribution < -0.4 is 0 Å². The van der Waals surface area contributed by atoms with Crippen LogP contribution >= 0.6 is 0 Å². The van der Waals surface area contributed by atoms with Crippen molar-refractivity contribution in [2.75, 3.05) is 7.11 Å². The van der Waals surface area contributed by atoms with Gasteiger partial charge in [0.1, 0.15) is 17.2 Å². The molecule has 1 aliphatic rings. The Balaban J connectivity index is 2.49. The van der Waals surface area contributed by atoms with E-state index in [4.69, 9.17) is 4.74 Å². The molecule has 0 bridgehead atoms. The monoisotopic (exact) mass is 239 g/mol. The van der Waals surface area contributed by atoms with E-state index in [1.54, 1.807) is 0 Å². The maximum atomic E-state index is 14.1. The molecule has 0 radical (unpaired) electrons. The highest BCUT2D eigenvalue weighted by atomic mass is 19.1. The van der Waals surface area contributed by atoms with Crippen LogP contribution in [-0.4, -0.2) is 13.2 Å². The summed E-state index contributed by atoms with van der Waals surface area (Å²) in [7, 11) is 1.36. The Bertz CT molecular complexity index is 492. The molecule has 1 fully saturated rings. The van der Waals surface area contributed by atoms with Crippen LogP contribution in [0.3, 0.4) is 0 Å². The van der Waals surface area contributed by atoms with Gasteiger partial charge in [-0.3, -0.25) is 0 Å². The number of ether oxygens (including phenoxy) is 1. The molecule has 0 saturated heterocycles. The van der Waals surface area contributed by atoms with Crippen molar-refractivity contribution in [3.8, 4) is 0 Å². The van der Waals surface area contributed by atoms with E-state index in [0.717, 1.165) is 0 Å². The van der Waals surface area contributed by atoms with Crippen molar-refractivity contribution in [1.29, 1.82) is 0 Å². The number of hydrogen-bond donors (Lipinski definition) is 0. The number of carbonyl (C=O) groups excluding carboxylic acids is 1. The normalized spacial score (nSPS) is 16.4. The number of nitrogens with zero attached hydrogens (tertiary/aromatic N) is 1. The van der Waals surface area contributed by atoms with E-state index in [1.165, 1.54) is 25.3 Å². The number of isocyanates is 1.